The van der Waals surface area contributed by atoms with Crippen molar-refractivity contribution >= 4 is 11.9 Å². The summed E-state index contributed by atoms with van der Waals surface area (Å²) in [7, 11) is 0. The number of esters is 1. The van der Waals surface area contributed by atoms with Crippen molar-refractivity contribution < 1.29 is 24.5 Å². The zero-order chi connectivity index (χ0) is 58.5. The second kappa shape index (κ2) is 70.0. The minimum absolute atomic E-state index is 0.00284. The van der Waals surface area contributed by atoms with E-state index in [1.807, 2.05) is 6.08 Å². The second-order valence-electron chi connectivity index (χ2n) is 24.6. The highest BCUT2D eigenvalue weighted by molar-refractivity contribution is 5.76. The molecular formula is C75H139NO5. The van der Waals surface area contributed by atoms with E-state index in [-0.39, 0.29) is 18.5 Å². The number of nitrogens with one attached hydrogen (secondary N) is 1. The number of carbonyl (C=O) groups is 2. The lowest BCUT2D eigenvalue weighted by Gasteiger charge is -2.20. The molecular weight excluding hydrogens is 995 g/mol. The molecule has 6 heteroatoms. The Morgan fingerprint density at radius 2 is 0.617 bits per heavy atom. The van der Waals surface area contributed by atoms with Crippen LogP contribution in [0.1, 0.15) is 380 Å². The number of amides is 1. The van der Waals surface area contributed by atoms with Gasteiger partial charge in [-0.3, -0.25) is 9.59 Å². The molecule has 0 aromatic carbocycles. The first-order valence-corrected chi connectivity index (χ1v) is 36.1. The van der Waals surface area contributed by atoms with Gasteiger partial charge in [-0.2, -0.15) is 0 Å². The van der Waals surface area contributed by atoms with Crippen molar-refractivity contribution in [2.24, 2.45) is 0 Å². The summed E-state index contributed by atoms with van der Waals surface area (Å²) in [5.41, 5.74) is 0. The third kappa shape index (κ3) is 66.6. The van der Waals surface area contributed by atoms with E-state index in [0.717, 1.165) is 70.6 Å². The molecule has 6 nitrogen and oxygen atoms in total. The van der Waals surface area contributed by atoms with E-state index >= 15 is 0 Å². The van der Waals surface area contributed by atoms with Crippen LogP contribution in [0.4, 0.5) is 0 Å². The van der Waals surface area contributed by atoms with E-state index in [1.54, 1.807) is 6.08 Å². The summed E-state index contributed by atoms with van der Waals surface area (Å²) >= 11 is 0. The lowest BCUT2D eigenvalue weighted by atomic mass is 10.0. The van der Waals surface area contributed by atoms with Gasteiger partial charge < -0.3 is 20.3 Å². The molecule has 0 heterocycles. The Labute approximate surface area is 505 Å². The fraction of sp³-hybridized carbons (Fsp3) is 0.840. The van der Waals surface area contributed by atoms with Gasteiger partial charge in [-0.25, -0.2) is 0 Å². The summed E-state index contributed by atoms with van der Waals surface area (Å²) in [4.78, 5) is 24.6. The number of hydrogen-bond acceptors (Lipinski definition) is 5. The molecule has 0 aliphatic heterocycles. The van der Waals surface area contributed by atoms with Gasteiger partial charge in [-0.05, 0) is 96.3 Å². The first kappa shape index (κ1) is 78.6. The predicted octanol–water partition coefficient (Wildman–Crippen LogP) is 23.4. The molecule has 474 valence electrons. The molecule has 2 unspecified atom stereocenters. The van der Waals surface area contributed by atoms with Crippen molar-refractivity contribution in [2.45, 2.75) is 392 Å². The Morgan fingerprint density at radius 1 is 0.346 bits per heavy atom. The first-order valence-electron chi connectivity index (χ1n) is 36.1. The highest BCUT2D eigenvalue weighted by atomic mass is 16.5. The molecule has 0 aromatic heterocycles. The summed E-state index contributed by atoms with van der Waals surface area (Å²) in [5, 5.41) is 23.2. The molecule has 0 aliphatic carbocycles. The van der Waals surface area contributed by atoms with Crippen LogP contribution in [0, 0.1) is 0 Å². The van der Waals surface area contributed by atoms with E-state index in [1.165, 1.54) is 283 Å². The van der Waals surface area contributed by atoms with Crippen molar-refractivity contribution in [3.05, 3.63) is 60.8 Å². The van der Waals surface area contributed by atoms with Crippen molar-refractivity contribution in [2.75, 3.05) is 13.2 Å². The highest BCUT2D eigenvalue weighted by Gasteiger charge is 2.18. The maximum absolute atomic E-state index is 12.5. The average Bonchev–Trinajstić information content (AvgIpc) is 3.47. The predicted molar refractivity (Wildman–Crippen MR) is 356 cm³/mol. The van der Waals surface area contributed by atoms with E-state index in [0.29, 0.717) is 19.4 Å². The fourth-order valence-electron chi connectivity index (χ4n) is 11.0. The summed E-state index contributed by atoms with van der Waals surface area (Å²) < 4.78 is 5.50. The van der Waals surface area contributed by atoms with Crippen LogP contribution in [0.15, 0.2) is 60.8 Å². The van der Waals surface area contributed by atoms with Gasteiger partial charge in [0.05, 0.1) is 25.4 Å². The Hall–Kier alpha value is -2.44. The van der Waals surface area contributed by atoms with Gasteiger partial charge in [0.25, 0.3) is 0 Å². The van der Waals surface area contributed by atoms with Gasteiger partial charge in [0.15, 0.2) is 0 Å². The summed E-state index contributed by atoms with van der Waals surface area (Å²) in [6, 6.07) is -0.638. The smallest absolute Gasteiger partial charge is 0.305 e. The third-order valence-electron chi connectivity index (χ3n) is 16.5. The molecule has 1 amide bonds. The molecule has 0 rings (SSSR count). The molecule has 3 N–H and O–H groups in total. The Balaban J connectivity index is 3.47. The molecule has 81 heavy (non-hydrogen) atoms. The summed E-state index contributed by atoms with van der Waals surface area (Å²) in [6.07, 6.45) is 92.9. The molecule has 2 atom stereocenters. The molecule has 0 fully saturated rings. The zero-order valence-electron chi connectivity index (χ0n) is 54.3. The Kier molecular flexibility index (Phi) is 67.9. The minimum atomic E-state index is -0.854. The molecule has 0 aromatic rings. The normalized spacial score (nSPS) is 12.9. The zero-order valence-corrected chi connectivity index (χ0v) is 54.3. The average molecular weight is 1130 g/mol. The van der Waals surface area contributed by atoms with Gasteiger partial charge in [-0.1, -0.05) is 331 Å². The number of ether oxygens (including phenoxy) is 1. The van der Waals surface area contributed by atoms with Crippen molar-refractivity contribution in [1.82, 2.24) is 5.32 Å². The van der Waals surface area contributed by atoms with Gasteiger partial charge >= 0.3 is 5.97 Å². The molecule has 0 saturated carbocycles. The van der Waals surface area contributed by atoms with Crippen LogP contribution in [0.3, 0.4) is 0 Å². The van der Waals surface area contributed by atoms with E-state index in [9.17, 15) is 19.8 Å². The standard InChI is InChI=1S/C75H139NO5/c1-3-5-7-9-11-13-15-17-19-21-23-24-28-32-35-39-43-47-51-55-59-63-67-73(78)72(71-77)76-74(79)68-64-60-56-52-48-44-40-36-33-29-26-25-27-30-34-38-42-46-50-54-58-62-66-70-81-75(80)69-65-61-57-53-49-45-41-37-31-22-20-18-16-14-12-10-8-6-4-2/h12,14,18,20,25,27,29,33,63,67,72-73,77-78H,3-11,13,15-17,19,21-24,26,28,30-32,34-62,64-66,68-71H2,1-2H3,(H,76,79)/b14-12-,20-18-,27-25-,33-29-,67-63+. The third-order valence-corrected chi connectivity index (χ3v) is 16.5. The van der Waals surface area contributed by atoms with E-state index < -0.39 is 12.1 Å². The molecule has 0 bridgehead atoms. The van der Waals surface area contributed by atoms with Gasteiger partial charge in [-0.15, -0.1) is 0 Å². The number of aliphatic hydroxyl groups is 2. The van der Waals surface area contributed by atoms with Crippen molar-refractivity contribution in [1.29, 1.82) is 0 Å². The number of rotatable bonds is 67. The van der Waals surface area contributed by atoms with Gasteiger partial charge in [0.1, 0.15) is 0 Å². The van der Waals surface area contributed by atoms with Crippen LogP contribution < -0.4 is 5.32 Å². The van der Waals surface area contributed by atoms with E-state index in [2.05, 4.69) is 67.8 Å². The topological polar surface area (TPSA) is 95.9 Å². The Morgan fingerprint density at radius 3 is 0.963 bits per heavy atom. The van der Waals surface area contributed by atoms with Crippen LogP contribution in [-0.4, -0.2) is 47.4 Å². The lowest BCUT2D eigenvalue weighted by Crippen LogP contribution is -2.45. The number of hydrogen-bond donors (Lipinski definition) is 3. The maximum Gasteiger partial charge on any atom is 0.305 e. The monoisotopic (exact) mass is 1130 g/mol. The molecule has 0 saturated heterocycles. The van der Waals surface area contributed by atoms with Crippen LogP contribution in [-0.2, 0) is 14.3 Å². The van der Waals surface area contributed by atoms with Gasteiger partial charge in [0, 0.05) is 12.8 Å². The Bertz CT molecular complexity index is 1400. The van der Waals surface area contributed by atoms with Crippen LogP contribution in [0.2, 0.25) is 0 Å². The van der Waals surface area contributed by atoms with Crippen LogP contribution >= 0.6 is 0 Å². The van der Waals surface area contributed by atoms with Crippen molar-refractivity contribution in [3.8, 4) is 0 Å². The summed E-state index contributed by atoms with van der Waals surface area (Å²) in [5.74, 6) is -0.0729. The molecule has 0 radical (unpaired) electrons. The molecule has 0 spiro atoms. The van der Waals surface area contributed by atoms with Gasteiger partial charge in [0.2, 0.25) is 5.91 Å². The number of allylic oxidation sites excluding steroid dienone is 9. The van der Waals surface area contributed by atoms with E-state index in [4.69, 9.17) is 4.74 Å². The fourth-order valence-corrected chi connectivity index (χ4v) is 11.0. The quantitative estimate of drug-likeness (QED) is 0.0320. The second-order valence-corrected chi connectivity index (χ2v) is 24.6. The highest BCUT2D eigenvalue weighted by Crippen LogP contribution is 2.18. The number of carbonyl (C=O) groups excluding carboxylic acids is 2. The number of unbranched alkanes of at least 4 members (excludes halogenated alkanes) is 48. The lowest BCUT2D eigenvalue weighted by molar-refractivity contribution is -0.143. The van der Waals surface area contributed by atoms with Crippen molar-refractivity contribution in [3.63, 3.8) is 0 Å². The van der Waals surface area contributed by atoms with Crippen LogP contribution in [0.5, 0.6) is 0 Å². The number of aliphatic hydroxyl groups excluding tert-OH is 2. The first-order chi connectivity index (χ1) is 40.0. The molecule has 0 aliphatic rings. The largest absolute Gasteiger partial charge is 0.466 e. The van der Waals surface area contributed by atoms with Crippen LogP contribution in [0.25, 0.3) is 0 Å². The minimum Gasteiger partial charge on any atom is -0.466 e. The summed E-state index contributed by atoms with van der Waals surface area (Å²) in [6.45, 7) is 4.90. The maximum atomic E-state index is 12.5. The SMILES string of the molecule is CCCCC/C=C\C/C=C\CCCCCCCCCCCC(=O)OCCCCCCCCCCC/C=C\C/C=C\CCCCCCCCCC(=O)NC(CO)C(O)/C=C/CCCCCCCCCCCCCCCCCCCCCC.